The second kappa shape index (κ2) is 9.52. The Bertz CT molecular complexity index is 1160. The minimum atomic E-state index is -0.179. The highest BCUT2D eigenvalue weighted by atomic mass is 32.1. The van der Waals surface area contributed by atoms with E-state index >= 15 is 0 Å². The summed E-state index contributed by atoms with van der Waals surface area (Å²) in [6, 6.07) is 17.4. The molecule has 1 aliphatic carbocycles. The highest BCUT2D eigenvalue weighted by Crippen LogP contribution is 2.44. The van der Waals surface area contributed by atoms with Gasteiger partial charge in [0.05, 0.1) is 5.56 Å². The van der Waals surface area contributed by atoms with Crippen molar-refractivity contribution in [3.8, 4) is 0 Å². The molecule has 1 heterocycles. The third kappa shape index (κ3) is 5.36. The number of hydrogen-bond acceptors (Lipinski definition) is 3. The molecule has 0 spiro atoms. The van der Waals surface area contributed by atoms with Gasteiger partial charge in [0.1, 0.15) is 5.00 Å². The van der Waals surface area contributed by atoms with Gasteiger partial charge in [-0.25, -0.2) is 0 Å². The Kier molecular flexibility index (Phi) is 6.71. The van der Waals surface area contributed by atoms with Crippen molar-refractivity contribution in [3.63, 3.8) is 0 Å². The first kappa shape index (κ1) is 23.2. The van der Waals surface area contributed by atoms with E-state index in [1.54, 1.807) is 17.4 Å². The van der Waals surface area contributed by atoms with Crippen LogP contribution in [0, 0.1) is 18.3 Å². The Labute approximate surface area is 200 Å². The molecule has 0 bridgehead atoms. The summed E-state index contributed by atoms with van der Waals surface area (Å²) in [7, 11) is 0. The highest BCUT2D eigenvalue weighted by molar-refractivity contribution is 7.17. The molecule has 1 aromatic heterocycles. The van der Waals surface area contributed by atoms with Crippen LogP contribution < -0.4 is 10.6 Å². The zero-order valence-corrected chi connectivity index (χ0v) is 20.6. The fourth-order valence-electron chi connectivity index (χ4n) is 4.48. The number of rotatable bonds is 5. The second-order valence-corrected chi connectivity index (χ2v) is 11.1. The summed E-state index contributed by atoms with van der Waals surface area (Å²) in [4.78, 5) is 27.6. The fourth-order valence-corrected chi connectivity index (χ4v) is 5.80. The number of carbonyl (C=O) groups excluding carboxylic acids is 2. The first-order chi connectivity index (χ1) is 15.7. The van der Waals surface area contributed by atoms with E-state index in [9.17, 15) is 9.59 Å². The van der Waals surface area contributed by atoms with Gasteiger partial charge in [-0.2, -0.15) is 0 Å². The van der Waals surface area contributed by atoms with Gasteiger partial charge < -0.3 is 10.6 Å². The van der Waals surface area contributed by atoms with E-state index in [4.69, 9.17) is 0 Å². The van der Waals surface area contributed by atoms with E-state index in [2.05, 4.69) is 31.4 Å². The molecular weight excluding hydrogens is 428 g/mol. The second-order valence-electron chi connectivity index (χ2n) is 10.0. The SMILES string of the molecule is Cc1cccc(C(=O)Nc2sc3c(c2C(=O)NCc2ccccc2)CCC(C(C)(C)C)C3)c1. The van der Waals surface area contributed by atoms with Crippen molar-refractivity contribution in [2.75, 3.05) is 5.32 Å². The van der Waals surface area contributed by atoms with Crippen LogP contribution in [0.1, 0.15) is 69.5 Å². The topological polar surface area (TPSA) is 58.2 Å². The van der Waals surface area contributed by atoms with Gasteiger partial charge >= 0.3 is 0 Å². The third-order valence-corrected chi connectivity index (χ3v) is 7.69. The van der Waals surface area contributed by atoms with Crippen LogP contribution in [0.15, 0.2) is 54.6 Å². The summed E-state index contributed by atoms with van der Waals surface area (Å²) in [5.41, 5.74) is 4.63. The lowest BCUT2D eigenvalue weighted by molar-refractivity contribution is 0.0950. The van der Waals surface area contributed by atoms with Crippen LogP contribution in [-0.4, -0.2) is 11.8 Å². The molecule has 0 saturated heterocycles. The predicted molar refractivity (Wildman–Crippen MR) is 136 cm³/mol. The average molecular weight is 461 g/mol. The molecule has 4 rings (SSSR count). The lowest BCUT2D eigenvalue weighted by Crippen LogP contribution is -2.28. The third-order valence-electron chi connectivity index (χ3n) is 6.52. The highest BCUT2D eigenvalue weighted by Gasteiger charge is 2.34. The quantitative estimate of drug-likeness (QED) is 0.463. The van der Waals surface area contributed by atoms with Gasteiger partial charge in [0, 0.05) is 17.0 Å². The van der Waals surface area contributed by atoms with Gasteiger partial charge in [0.25, 0.3) is 11.8 Å². The first-order valence-corrected chi connectivity index (χ1v) is 12.4. The minimum Gasteiger partial charge on any atom is -0.348 e. The normalized spacial score (nSPS) is 15.6. The number of anilines is 1. The van der Waals surface area contributed by atoms with E-state index in [-0.39, 0.29) is 17.2 Å². The molecule has 0 radical (unpaired) electrons. The number of amides is 2. The van der Waals surface area contributed by atoms with Crippen molar-refractivity contribution in [3.05, 3.63) is 87.3 Å². The zero-order chi connectivity index (χ0) is 23.6. The van der Waals surface area contributed by atoms with Gasteiger partial charge in [-0.1, -0.05) is 68.8 Å². The molecule has 2 N–H and O–H groups in total. The van der Waals surface area contributed by atoms with Crippen LogP contribution in [0.3, 0.4) is 0 Å². The van der Waals surface area contributed by atoms with Crippen LogP contribution in [0.2, 0.25) is 0 Å². The summed E-state index contributed by atoms with van der Waals surface area (Å²) < 4.78 is 0. The van der Waals surface area contributed by atoms with Crippen molar-refractivity contribution in [2.45, 2.75) is 53.5 Å². The fraction of sp³-hybridized carbons (Fsp3) is 0.357. The van der Waals surface area contributed by atoms with E-state index < -0.39 is 0 Å². The molecule has 0 fully saturated rings. The van der Waals surface area contributed by atoms with Gasteiger partial charge in [-0.15, -0.1) is 11.3 Å². The molecule has 2 aromatic carbocycles. The monoisotopic (exact) mass is 460 g/mol. The van der Waals surface area contributed by atoms with E-state index in [0.29, 0.717) is 28.6 Å². The maximum Gasteiger partial charge on any atom is 0.256 e. The Balaban J connectivity index is 1.63. The molecule has 5 heteroatoms. The van der Waals surface area contributed by atoms with Crippen LogP contribution in [0.25, 0.3) is 0 Å². The van der Waals surface area contributed by atoms with Gasteiger partial charge in [-0.05, 0) is 60.8 Å². The molecule has 0 aliphatic heterocycles. The molecule has 1 atom stereocenters. The standard InChI is InChI=1S/C28H32N2O2S/c1-18-9-8-12-20(15-18)25(31)30-27-24(26(32)29-17-19-10-6-5-7-11-19)22-14-13-21(28(2,3)4)16-23(22)33-27/h5-12,15,21H,13-14,16-17H2,1-4H3,(H,29,32)(H,30,31). The van der Waals surface area contributed by atoms with Crippen LogP contribution in [-0.2, 0) is 19.4 Å². The summed E-state index contributed by atoms with van der Waals surface area (Å²) in [5, 5.41) is 6.79. The van der Waals surface area contributed by atoms with Crippen molar-refractivity contribution < 1.29 is 9.59 Å². The lowest BCUT2D eigenvalue weighted by Gasteiger charge is -2.33. The number of fused-ring (bicyclic) bond motifs is 1. The average Bonchev–Trinajstić information content (AvgIpc) is 3.14. The molecule has 33 heavy (non-hydrogen) atoms. The van der Waals surface area contributed by atoms with Gasteiger partial charge in [-0.3, -0.25) is 9.59 Å². The zero-order valence-electron chi connectivity index (χ0n) is 19.8. The maximum atomic E-state index is 13.4. The number of hydrogen-bond donors (Lipinski definition) is 2. The van der Waals surface area contributed by atoms with Crippen molar-refractivity contribution >= 4 is 28.2 Å². The molecule has 172 valence electrons. The van der Waals surface area contributed by atoms with E-state index in [1.165, 1.54) is 4.88 Å². The first-order valence-electron chi connectivity index (χ1n) is 11.6. The van der Waals surface area contributed by atoms with E-state index in [1.807, 2.05) is 55.5 Å². The van der Waals surface area contributed by atoms with E-state index in [0.717, 1.165) is 36.0 Å². The number of benzene rings is 2. The number of aryl methyl sites for hydroxylation is 1. The number of nitrogens with one attached hydrogen (secondary N) is 2. The summed E-state index contributed by atoms with van der Waals surface area (Å²) >= 11 is 1.57. The summed E-state index contributed by atoms with van der Waals surface area (Å²) in [6.45, 7) is 9.27. The Hall–Kier alpha value is -2.92. The van der Waals surface area contributed by atoms with Gasteiger partial charge in [0.15, 0.2) is 0 Å². The number of thiophene rings is 1. The van der Waals surface area contributed by atoms with Crippen molar-refractivity contribution in [1.82, 2.24) is 5.32 Å². The Morgan fingerprint density at radius 3 is 2.48 bits per heavy atom. The maximum absolute atomic E-state index is 13.4. The molecule has 1 unspecified atom stereocenters. The lowest BCUT2D eigenvalue weighted by atomic mass is 9.72. The molecule has 1 aliphatic rings. The smallest absolute Gasteiger partial charge is 0.256 e. The predicted octanol–water partition coefficient (Wildman–Crippen LogP) is 6.39. The molecular formula is C28H32N2O2S. The Morgan fingerprint density at radius 2 is 1.79 bits per heavy atom. The molecule has 4 nitrogen and oxygen atoms in total. The van der Waals surface area contributed by atoms with Crippen LogP contribution in [0.4, 0.5) is 5.00 Å². The minimum absolute atomic E-state index is 0.120. The van der Waals surface area contributed by atoms with Crippen molar-refractivity contribution in [2.24, 2.45) is 11.3 Å². The van der Waals surface area contributed by atoms with Crippen LogP contribution in [0.5, 0.6) is 0 Å². The molecule has 3 aromatic rings. The summed E-state index contributed by atoms with van der Waals surface area (Å²) in [6.07, 6.45) is 2.86. The molecule has 0 saturated carbocycles. The molecule has 2 amide bonds. The van der Waals surface area contributed by atoms with Crippen molar-refractivity contribution in [1.29, 1.82) is 0 Å². The van der Waals surface area contributed by atoms with Crippen LogP contribution >= 0.6 is 11.3 Å². The largest absolute Gasteiger partial charge is 0.348 e. The number of carbonyl (C=O) groups is 2. The Morgan fingerprint density at radius 1 is 1.03 bits per heavy atom. The van der Waals surface area contributed by atoms with Gasteiger partial charge in [0.2, 0.25) is 0 Å². The summed E-state index contributed by atoms with van der Waals surface area (Å²) in [5.74, 6) is 0.260.